The lowest BCUT2D eigenvalue weighted by atomic mass is 10.1. The second-order valence-corrected chi connectivity index (χ2v) is 5.76. The molecule has 1 saturated heterocycles. The van der Waals surface area contributed by atoms with Crippen LogP contribution in [-0.2, 0) is 0 Å². The van der Waals surface area contributed by atoms with E-state index < -0.39 is 0 Å². The minimum absolute atomic E-state index is 0. The molecule has 0 aliphatic carbocycles. The maximum Gasteiger partial charge on any atom is 0.255 e. The van der Waals surface area contributed by atoms with E-state index in [0.29, 0.717) is 16.3 Å². The summed E-state index contributed by atoms with van der Waals surface area (Å²) in [5.74, 6) is 0.447. The molecule has 1 unspecified atom stereocenters. The van der Waals surface area contributed by atoms with Gasteiger partial charge >= 0.3 is 0 Å². The number of ether oxygens (including phenoxy) is 1. The Kier molecular flexibility index (Phi) is 7.29. The van der Waals surface area contributed by atoms with Crippen LogP contribution in [0.1, 0.15) is 37.0 Å². The Morgan fingerprint density at radius 1 is 1.48 bits per heavy atom. The van der Waals surface area contributed by atoms with E-state index >= 15 is 0 Å². The quantitative estimate of drug-likeness (QED) is 0.890. The van der Waals surface area contributed by atoms with Crippen molar-refractivity contribution in [1.82, 2.24) is 10.6 Å². The van der Waals surface area contributed by atoms with Gasteiger partial charge in [0.15, 0.2) is 0 Å². The molecule has 0 radical (unpaired) electrons. The average Bonchev–Trinajstić information content (AvgIpc) is 2.41. The number of carbonyl (C=O) groups excluding carboxylic acids is 1. The van der Waals surface area contributed by atoms with Crippen molar-refractivity contribution in [3.05, 3.63) is 28.8 Å². The van der Waals surface area contributed by atoms with Crippen molar-refractivity contribution in [3.63, 3.8) is 0 Å². The van der Waals surface area contributed by atoms with Crippen LogP contribution in [0, 0.1) is 0 Å². The van der Waals surface area contributed by atoms with Gasteiger partial charge in [-0.25, -0.2) is 0 Å². The van der Waals surface area contributed by atoms with Crippen molar-refractivity contribution in [2.75, 3.05) is 13.1 Å². The van der Waals surface area contributed by atoms with E-state index in [9.17, 15) is 4.79 Å². The molecular weight excluding hydrogens is 311 g/mol. The Morgan fingerprint density at radius 2 is 2.24 bits per heavy atom. The van der Waals surface area contributed by atoms with E-state index in [4.69, 9.17) is 16.3 Å². The van der Waals surface area contributed by atoms with Crippen molar-refractivity contribution >= 4 is 29.9 Å². The second kappa shape index (κ2) is 8.47. The Hall–Kier alpha value is -0.970. The fourth-order valence-corrected chi connectivity index (χ4v) is 2.45. The molecule has 6 heteroatoms. The van der Waals surface area contributed by atoms with E-state index in [2.05, 4.69) is 10.6 Å². The van der Waals surface area contributed by atoms with Gasteiger partial charge in [0.05, 0.1) is 11.7 Å². The molecule has 1 fully saturated rings. The summed E-state index contributed by atoms with van der Waals surface area (Å²) >= 11 is 5.99. The molecule has 1 amide bonds. The van der Waals surface area contributed by atoms with E-state index in [-0.39, 0.29) is 30.5 Å². The molecule has 1 heterocycles. The van der Waals surface area contributed by atoms with Crippen LogP contribution in [0.25, 0.3) is 0 Å². The van der Waals surface area contributed by atoms with Crippen molar-refractivity contribution in [1.29, 1.82) is 0 Å². The molecule has 1 aromatic rings. The zero-order valence-electron chi connectivity index (χ0n) is 12.3. The largest absolute Gasteiger partial charge is 0.490 e. The molecular formula is C15H22Cl2N2O2. The standard InChI is InChI=1S/C15H21ClN2O2.ClH/c1-10(2)20-14-6-5-11(16)8-13(14)15(19)18-12-4-3-7-17-9-12;/h5-6,8,10,12,17H,3-4,7,9H2,1-2H3,(H,18,19);1H. The van der Waals surface area contributed by atoms with Crippen LogP contribution in [0.15, 0.2) is 18.2 Å². The van der Waals surface area contributed by atoms with Crippen molar-refractivity contribution in [2.45, 2.75) is 38.8 Å². The number of rotatable bonds is 4. The highest BCUT2D eigenvalue weighted by Gasteiger charge is 2.19. The summed E-state index contributed by atoms with van der Waals surface area (Å²) in [5.41, 5.74) is 0.497. The van der Waals surface area contributed by atoms with Crippen LogP contribution < -0.4 is 15.4 Å². The lowest BCUT2D eigenvalue weighted by molar-refractivity contribution is 0.0925. The molecule has 21 heavy (non-hydrogen) atoms. The Morgan fingerprint density at radius 3 is 2.86 bits per heavy atom. The highest BCUT2D eigenvalue weighted by Crippen LogP contribution is 2.24. The number of halogens is 2. The van der Waals surface area contributed by atoms with Crippen LogP contribution in [0.4, 0.5) is 0 Å². The molecule has 1 aromatic carbocycles. The number of amides is 1. The SMILES string of the molecule is CC(C)Oc1ccc(Cl)cc1C(=O)NC1CCCNC1.Cl. The summed E-state index contributed by atoms with van der Waals surface area (Å²) in [7, 11) is 0. The molecule has 0 aromatic heterocycles. The van der Waals surface area contributed by atoms with E-state index in [1.807, 2.05) is 13.8 Å². The lowest BCUT2D eigenvalue weighted by Gasteiger charge is -2.24. The molecule has 0 saturated carbocycles. The molecule has 118 valence electrons. The Bertz CT molecular complexity index is 475. The van der Waals surface area contributed by atoms with Crippen LogP contribution in [-0.4, -0.2) is 31.1 Å². The van der Waals surface area contributed by atoms with Crippen molar-refractivity contribution in [3.8, 4) is 5.75 Å². The fraction of sp³-hybridized carbons (Fsp3) is 0.533. The first kappa shape index (κ1) is 18.1. The maximum atomic E-state index is 12.4. The third-order valence-electron chi connectivity index (χ3n) is 3.18. The lowest BCUT2D eigenvalue weighted by Crippen LogP contribution is -2.45. The first-order chi connectivity index (χ1) is 9.56. The maximum absolute atomic E-state index is 12.4. The van der Waals surface area contributed by atoms with Gasteiger partial charge in [-0.1, -0.05) is 11.6 Å². The van der Waals surface area contributed by atoms with Gasteiger partial charge in [0.1, 0.15) is 5.75 Å². The Balaban J connectivity index is 0.00000220. The first-order valence-electron chi connectivity index (χ1n) is 7.04. The molecule has 1 aliphatic rings. The summed E-state index contributed by atoms with van der Waals surface area (Å²) < 4.78 is 5.68. The van der Waals surface area contributed by atoms with Crippen LogP contribution >= 0.6 is 24.0 Å². The Labute approximate surface area is 137 Å². The molecule has 4 nitrogen and oxygen atoms in total. The smallest absolute Gasteiger partial charge is 0.255 e. The fourth-order valence-electron chi connectivity index (χ4n) is 2.27. The van der Waals surface area contributed by atoms with Gasteiger partial charge in [0.2, 0.25) is 0 Å². The second-order valence-electron chi connectivity index (χ2n) is 5.32. The average molecular weight is 333 g/mol. The molecule has 0 spiro atoms. The van der Waals surface area contributed by atoms with Crippen LogP contribution in [0.2, 0.25) is 5.02 Å². The summed E-state index contributed by atoms with van der Waals surface area (Å²) in [6, 6.07) is 5.31. The zero-order chi connectivity index (χ0) is 14.5. The van der Waals surface area contributed by atoms with E-state index in [1.54, 1.807) is 18.2 Å². The van der Waals surface area contributed by atoms with E-state index in [0.717, 1.165) is 25.9 Å². The minimum Gasteiger partial charge on any atom is -0.490 e. The third kappa shape index (κ3) is 5.38. The van der Waals surface area contributed by atoms with Gasteiger partial charge in [-0.3, -0.25) is 4.79 Å². The molecule has 2 rings (SSSR count). The van der Waals surface area contributed by atoms with Crippen LogP contribution in [0.5, 0.6) is 5.75 Å². The van der Waals surface area contributed by atoms with Gasteiger partial charge in [-0.15, -0.1) is 12.4 Å². The normalized spacial score (nSPS) is 18.0. The van der Waals surface area contributed by atoms with Crippen molar-refractivity contribution < 1.29 is 9.53 Å². The minimum atomic E-state index is -0.128. The molecule has 1 aliphatic heterocycles. The van der Waals surface area contributed by atoms with Gasteiger partial charge in [-0.05, 0) is 51.4 Å². The number of carbonyl (C=O) groups is 1. The number of hydrogen-bond donors (Lipinski definition) is 2. The number of benzene rings is 1. The zero-order valence-corrected chi connectivity index (χ0v) is 13.9. The monoisotopic (exact) mass is 332 g/mol. The van der Waals surface area contributed by atoms with Crippen LogP contribution in [0.3, 0.4) is 0 Å². The number of hydrogen-bond acceptors (Lipinski definition) is 3. The van der Waals surface area contributed by atoms with Gasteiger partial charge in [0, 0.05) is 17.6 Å². The molecule has 1 atom stereocenters. The predicted octanol–water partition coefficient (Wildman–Crippen LogP) is 3.03. The number of nitrogens with one attached hydrogen (secondary N) is 2. The van der Waals surface area contributed by atoms with Gasteiger partial charge in [0.25, 0.3) is 5.91 Å². The first-order valence-corrected chi connectivity index (χ1v) is 7.42. The summed E-state index contributed by atoms with van der Waals surface area (Å²) in [5, 5.41) is 6.85. The molecule has 2 N–H and O–H groups in total. The highest BCUT2D eigenvalue weighted by atomic mass is 35.5. The summed E-state index contributed by atoms with van der Waals surface area (Å²) in [6.07, 6.45) is 2.09. The molecule has 0 bridgehead atoms. The predicted molar refractivity (Wildman–Crippen MR) is 87.8 cm³/mol. The highest BCUT2D eigenvalue weighted by molar-refractivity contribution is 6.31. The van der Waals surface area contributed by atoms with Gasteiger partial charge in [-0.2, -0.15) is 0 Å². The van der Waals surface area contributed by atoms with Crippen molar-refractivity contribution in [2.24, 2.45) is 0 Å². The summed E-state index contributed by atoms with van der Waals surface area (Å²) in [6.45, 7) is 5.70. The topological polar surface area (TPSA) is 50.4 Å². The third-order valence-corrected chi connectivity index (χ3v) is 3.42. The van der Waals surface area contributed by atoms with Gasteiger partial charge < -0.3 is 15.4 Å². The van der Waals surface area contributed by atoms with E-state index in [1.165, 1.54) is 0 Å². The number of piperidine rings is 1. The summed E-state index contributed by atoms with van der Waals surface area (Å²) in [4.78, 5) is 12.4.